The highest BCUT2D eigenvalue weighted by Gasteiger charge is 2.19. The van der Waals surface area contributed by atoms with Crippen molar-refractivity contribution in [2.24, 2.45) is 0 Å². The molecule has 30 heavy (non-hydrogen) atoms. The van der Waals surface area contributed by atoms with Gasteiger partial charge in [0.15, 0.2) is 5.76 Å². The van der Waals surface area contributed by atoms with Crippen LogP contribution < -0.4 is 9.64 Å². The zero-order valence-electron chi connectivity index (χ0n) is 16.6. The number of methoxy groups -OCH3 is 1. The van der Waals surface area contributed by atoms with Gasteiger partial charge < -0.3 is 14.2 Å². The number of carbonyl (C=O) groups is 1. The molecule has 0 atom stereocenters. The van der Waals surface area contributed by atoms with Gasteiger partial charge in [0, 0.05) is 29.7 Å². The Kier molecular flexibility index (Phi) is 5.85. The van der Waals surface area contributed by atoms with Crippen molar-refractivity contribution in [3.05, 3.63) is 96.4 Å². The minimum atomic E-state index is -0.0736. The Morgan fingerprint density at radius 3 is 2.67 bits per heavy atom. The highest BCUT2D eigenvalue weighted by Crippen LogP contribution is 2.25. The third kappa shape index (κ3) is 4.55. The summed E-state index contributed by atoms with van der Waals surface area (Å²) in [6.07, 6.45) is 3.61. The van der Waals surface area contributed by atoms with Gasteiger partial charge in [-0.15, -0.1) is 0 Å². The van der Waals surface area contributed by atoms with Crippen molar-refractivity contribution in [1.82, 2.24) is 10.1 Å². The van der Waals surface area contributed by atoms with Crippen LogP contribution in [0.1, 0.15) is 11.3 Å². The van der Waals surface area contributed by atoms with E-state index in [1.165, 1.54) is 0 Å². The molecule has 6 nitrogen and oxygen atoms in total. The summed E-state index contributed by atoms with van der Waals surface area (Å²) in [5.74, 6) is 1.25. The van der Waals surface area contributed by atoms with Crippen LogP contribution in [0.5, 0.6) is 5.75 Å². The summed E-state index contributed by atoms with van der Waals surface area (Å²) in [5, 5.41) is 4.10. The first-order valence-corrected chi connectivity index (χ1v) is 9.57. The summed E-state index contributed by atoms with van der Waals surface area (Å²) in [5.41, 5.74) is 3.19. The number of hydrogen-bond donors (Lipinski definition) is 0. The van der Waals surface area contributed by atoms with Gasteiger partial charge in [0.05, 0.1) is 25.8 Å². The molecule has 0 N–H and O–H groups in total. The molecule has 0 bridgehead atoms. The van der Waals surface area contributed by atoms with E-state index < -0.39 is 0 Å². The molecule has 4 rings (SSSR count). The van der Waals surface area contributed by atoms with Gasteiger partial charge in [0.25, 0.3) is 0 Å². The lowest BCUT2D eigenvalue weighted by Crippen LogP contribution is -2.31. The lowest BCUT2D eigenvalue weighted by atomic mass is 10.1. The maximum atomic E-state index is 13.2. The first-order valence-electron chi connectivity index (χ1n) is 9.57. The van der Waals surface area contributed by atoms with Gasteiger partial charge in [-0.25, -0.2) is 0 Å². The Labute approximate surface area is 174 Å². The van der Waals surface area contributed by atoms with Gasteiger partial charge in [0.1, 0.15) is 5.75 Å². The minimum Gasteiger partial charge on any atom is -0.497 e. The Bertz CT molecular complexity index is 1110. The predicted molar refractivity (Wildman–Crippen MR) is 114 cm³/mol. The fourth-order valence-corrected chi connectivity index (χ4v) is 3.16. The third-order valence-electron chi connectivity index (χ3n) is 4.68. The van der Waals surface area contributed by atoms with Crippen LogP contribution in [0.2, 0.25) is 0 Å². The van der Waals surface area contributed by atoms with Crippen molar-refractivity contribution in [3.63, 3.8) is 0 Å². The average Bonchev–Trinajstić information content (AvgIpc) is 3.27. The van der Waals surface area contributed by atoms with Crippen LogP contribution in [-0.2, 0) is 17.8 Å². The van der Waals surface area contributed by atoms with Gasteiger partial charge in [0.2, 0.25) is 5.91 Å². The molecule has 0 spiro atoms. The summed E-state index contributed by atoms with van der Waals surface area (Å²) in [6, 6.07) is 22.7. The van der Waals surface area contributed by atoms with Gasteiger partial charge >= 0.3 is 0 Å². The molecule has 0 aliphatic carbocycles. The van der Waals surface area contributed by atoms with Crippen LogP contribution >= 0.6 is 0 Å². The molecule has 1 amide bonds. The molecule has 2 heterocycles. The van der Waals surface area contributed by atoms with E-state index in [-0.39, 0.29) is 12.3 Å². The molecule has 2 aromatic carbocycles. The minimum absolute atomic E-state index is 0.0736. The first kappa shape index (κ1) is 19.4. The van der Waals surface area contributed by atoms with Gasteiger partial charge in [-0.2, -0.15) is 0 Å². The van der Waals surface area contributed by atoms with Crippen molar-refractivity contribution in [3.8, 4) is 17.1 Å². The highest BCUT2D eigenvalue weighted by atomic mass is 16.5. The van der Waals surface area contributed by atoms with Gasteiger partial charge in [-0.1, -0.05) is 41.6 Å². The van der Waals surface area contributed by atoms with E-state index in [4.69, 9.17) is 9.26 Å². The standard InChI is InChI=1S/C24H21N3O3/c1-29-22-11-5-8-19(13-22)23-14-20(26-30-23)15-24(28)27(21-9-3-2-4-10-21)17-18-7-6-12-25-16-18/h2-14,16H,15,17H2,1H3. The number of nitrogens with zero attached hydrogens (tertiary/aromatic N) is 3. The van der Waals surface area contributed by atoms with E-state index in [2.05, 4.69) is 10.1 Å². The molecule has 0 unspecified atom stereocenters. The number of anilines is 1. The van der Waals surface area contributed by atoms with E-state index in [1.54, 1.807) is 30.5 Å². The monoisotopic (exact) mass is 399 g/mol. The van der Waals surface area contributed by atoms with E-state index in [0.717, 1.165) is 22.6 Å². The molecular formula is C24H21N3O3. The number of ether oxygens (including phenoxy) is 1. The molecule has 0 fully saturated rings. The normalized spacial score (nSPS) is 10.6. The van der Waals surface area contributed by atoms with Crippen LogP contribution in [0.4, 0.5) is 5.69 Å². The molecule has 0 saturated heterocycles. The van der Waals surface area contributed by atoms with Crippen molar-refractivity contribution in [2.75, 3.05) is 12.0 Å². The summed E-state index contributed by atoms with van der Waals surface area (Å²) in [6.45, 7) is 0.428. The van der Waals surface area contributed by atoms with Crippen molar-refractivity contribution >= 4 is 11.6 Å². The van der Waals surface area contributed by atoms with E-state index in [1.807, 2.05) is 66.7 Å². The predicted octanol–water partition coefficient (Wildman–Crippen LogP) is 4.52. The maximum absolute atomic E-state index is 13.2. The number of rotatable bonds is 7. The van der Waals surface area contributed by atoms with Crippen LogP contribution in [0.3, 0.4) is 0 Å². The number of hydrogen-bond acceptors (Lipinski definition) is 5. The first-order chi connectivity index (χ1) is 14.7. The Morgan fingerprint density at radius 2 is 1.90 bits per heavy atom. The topological polar surface area (TPSA) is 68.5 Å². The van der Waals surface area contributed by atoms with E-state index in [0.29, 0.717) is 18.0 Å². The number of para-hydroxylation sites is 1. The molecule has 0 aliphatic rings. The van der Waals surface area contributed by atoms with Crippen molar-refractivity contribution in [1.29, 1.82) is 0 Å². The fourth-order valence-electron chi connectivity index (χ4n) is 3.16. The number of pyridine rings is 1. The zero-order valence-corrected chi connectivity index (χ0v) is 16.6. The molecule has 0 saturated carbocycles. The van der Waals surface area contributed by atoms with Crippen molar-refractivity contribution in [2.45, 2.75) is 13.0 Å². The average molecular weight is 399 g/mol. The second-order valence-electron chi connectivity index (χ2n) is 6.77. The largest absolute Gasteiger partial charge is 0.497 e. The molecule has 150 valence electrons. The fraction of sp³-hybridized carbons (Fsp3) is 0.125. The SMILES string of the molecule is COc1cccc(-c2cc(CC(=O)N(Cc3cccnc3)c3ccccc3)no2)c1. The number of benzene rings is 2. The number of amides is 1. The summed E-state index contributed by atoms with van der Waals surface area (Å²) < 4.78 is 10.7. The molecule has 0 aliphatic heterocycles. The van der Waals surface area contributed by atoms with Crippen LogP contribution in [-0.4, -0.2) is 23.2 Å². The highest BCUT2D eigenvalue weighted by molar-refractivity contribution is 5.94. The lowest BCUT2D eigenvalue weighted by Gasteiger charge is -2.22. The van der Waals surface area contributed by atoms with Crippen LogP contribution in [0.25, 0.3) is 11.3 Å². The van der Waals surface area contributed by atoms with E-state index in [9.17, 15) is 4.79 Å². The summed E-state index contributed by atoms with van der Waals surface area (Å²) in [7, 11) is 1.62. The number of aromatic nitrogens is 2. The lowest BCUT2D eigenvalue weighted by molar-refractivity contribution is -0.118. The molecule has 0 radical (unpaired) electrons. The molecule has 2 aromatic heterocycles. The van der Waals surface area contributed by atoms with E-state index >= 15 is 0 Å². The quantitative estimate of drug-likeness (QED) is 0.457. The Morgan fingerprint density at radius 1 is 1.03 bits per heavy atom. The second-order valence-corrected chi connectivity index (χ2v) is 6.77. The van der Waals surface area contributed by atoms with Crippen LogP contribution in [0.15, 0.2) is 89.7 Å². The Balaban J connectivity index is 1.55. The van der Waals surface area contributed by atoms with Gasteiger partial charge in [-0.05, 0) is 35.9 Å². The van der Waals surface area contributed by atoms with Crippen LogP contribution in [0, 0.1) is 0 Å². The van der Waals surface area contributed by atoms with Crippen molar-refractivity contribution < 1.29 is 14.1 Å². The second kappa shape index (κ2) is 9.05. The molecule has 6 heteroatoms. The molecular weight excluding hydrogens is 378 g/mol. The summed E-state index contributed by atoms with van der Waals surface area (Å²) in [4.78, 5) is 19.1. The summed E-state index contributed by atoms with van der Waals surface area (Å²) >= 11 is 0. The van der Waals surface area contributed by atoms with Gasteiger partial charge in [-0.3, -0.25) is 9.78 Å². The zero-order chi connectivity index (χ0) is 20.8. The molecule has 4 aromatic rings. The number of carbonyl (C=O) groups excluding carboxylic acids is 1. The maximum Gasteiger partial charge on any atom is 0.233 e. The Hall–Kier alpha value is -3.93. The smallest absolute Gasteiger partial charge is 0.233 e. The third-order valence-corrected chi connectivity index (χ3v) is 4.68.